The van der Waals surface area contributed by atoms with E-state index in [1.165, 1.54) is 143 Å². The van der Waals surface area contributed by atoms with Crippen molar-refractivity contribution in [1.29, 1.82) is 0 Å². The summed E-state index contributed by atoms with van der Waals surface area (Å²) in [4.78, 5) is 0. The largest absolute Gasteiger partial charge is 0.309 e. The van der Waals surface area contributed by atoms with Crippen molar-refractivity contribution < 1.29 is 0 Å². The molecular weight excluding hydrogens is 1010 g/mol. The molecule has 0 spiro atoms. The molecule has 0 bridgehead atoms. The van der Waals surface area contributed by atoms with Gasteiger partial charge in [0.15, 0.2) is 0 Å². The third-order valence-electron chi connectivity index (χ3n) is 17.5. The number of hydrogen-bond acceptors (Lipinski definition) is 0. The summed E-state index contributed by atoms with van der Waals surface area (Å²) >= 11 is 0. The lowest BCUT2D eigenvalue weighted by Gasteiger charge is -2.11. The molecule has 0 aliphatic carbocycles. The van der Waals surface area contributed by atoms with Gasteiger partial charge in [0.2, 0.25) is 0 Å². The van der Waals surface area contributed by atoms with E-state index in [-0.39, 0.29) is 0 Å². The monoisotopic (exact) mass is 1070 g/mol. The Bertz CT molecular complexity index is 4930. The molecule has 0 saturated carbocycles. The van der Waals surface area contributed by atoms with Gasteiger partial charge < -0.3 is 9.13 Å². The van der Waals surface area contributed by atoms with E-state index in [0.717, 1.165) is 11.4 Å². The number of aromatic nitrogens is 2. The highest BCUT2D eigenvalue weighted by molar-refractivity contribution is 6.13. The van der Waals surface area contributed by atoms with Crippen molar-refractivity contribution in [2.24, 2.45) is 0 Å². The first-order chi connectivity index (χ1) is 41.2. The van der Waals surface area contributed by atoms with Crippen LogP contribution in [0, 0.1) is 0 Å². The number of nitrogens with zero attached hydrogens (tertiary/aromatic N) is 2. The van der Waals surface area contributed by atoms with Gasteiger partial charge in [-0.3, -0.25) is 0 Å². The fraction of sp³-hybridized carbons (Fsp3) is 0.0732. The molecule has 2 nitrogen and oxygen atoms in total. The maximum absolute atomic E-state index is 2.43. The molecule has 0 aliphatic heterocycles. The maximum atomic E-state index is 2.43. The van der Waals surface area contributed by atoms with Crippen molar-refractivity contribution >= 4 is 54.4 Å². The number of rotatable bonds is 11. The fourth-order valence-corrected chi connectivity index (χ4v) is 12.8. The zero-order valence-electron chi connectivity index (χ0n) is 47.8. The van der Waals surface area contributed by atoms with E-state index in [9.17, 15) is 0 Å². The first kappa shape index (κ1) is 50.7. The van der Waals surface area contributed by atoms with Gasteiger partial charge in [-0.2, -0.15) is 0 Å². The molecule has 400 valence electrons. The smallest absolute Gasteiger partial charge is 0.0541 e. The maximum Gasteiger partial charge on any atom is 0.0541 e. The number of hydrogen-bond donors (Lipinski definition) is 0. The molecule has 2 aromatic heterocycles. The van der Waals surface area contributed by atoms with E-state index in [0.29, 0.717) is 11.8 Å². The third-order valence-corrected chi connectivity index (χ3v) is 17.5. The molecule has 0 N–H and O–H groups in total. The second kappa shape index (κ2) is 20.9. The molecule has 0 amide bonds. The van der Waals surface area contributed by atoms with E-state index < -0.39 is 0 Å². The second-order valence-electron chi connectivity index (χ2n) is 23.3. The van der Waals surface area contributed by atoms with Gasteiger partial charge in [0.1, 0.15) is 0 Å². The van der Waals surface area contributed by atoms with Crippen LogP contribution in [0.3, 0.4) is 0 Å². The highest BCUT2D eigenvalue weighted by Gasteiger charge is 2.18. The van der Waals surface area contributed by atoms with Gasteiger partial charge in [-0.1, -0.05) is 234 Å². The Balaban J connectivity index is 0.738. The van der Waals surface area contributed by atoms with Crippen LogP contribution in [0.2, 0.25) is 0 Å². The molecule has 0 aliphatic rings. The van der Waals surface area contributed by atoms with E-state index in [4.69, 9.17) is 0 Å². The lowest BCUT2D eigenvalue weighted by Crippen LogP contribution is -1.94. The Kier molecular flexibility index (Phi) is 12.6. The zero-order chi connectivity index (χ0) is 56.4. The van der Waals surface area contributed by atoms with Crippen molar-refractivity contribution in [2.45, 2.75) is 39.5 Å². The van der Waals surface area contributed by atoms with Gasteiger partial charge in [0, 0.05) is 32.9 Å². The molecular formula is C82H62N2. The van der Waals surface area contributed by atoms with Gasteiger partial charge in [-0.15, -0.1) is 0 Å². The van der Waals surface area contributed by atoms with Crippen molar-refractivity contribution in [2.75, 3.05) is 0 Å². The quantitative estimate of drug-likeness (QED) is 0.122. The van der Waals surface area contributed by atoms with Gasteiger partial charge in [0.25, 0.3) is 0 Å². The molecule has 13 aromatic carbocycles. The van der Waals surface area contributed by atoms with Gasteiger partial charge in [0.05, 0.1) is 22.1 Å². The highest BCUT2D eigenvalue weighted by atomic mass is 15.0. The van der Waals surface area contributed by atoms with Crippen LogP contribution in [-0.4, -0.2) is 9.13 Å². The van der Waals surface area contributed by atoms with Crippen molar-refractivity contribution in [1.82, 2.24) is 9.13 Å². The van der Waals surface area contributed by atoms with Crippen molar-refractivity contribution in [3.63, 3.8) is 0 Å². The second-order valence-corrected chi connectivity index (χ2v) is 23.3. The van der Waals surface area contributed by atoms with E-state index in [2.05, 4.69) is 328 Å². The summed E-state index contributed by atoms with van der Waals surface area (Å²) in [6, 6.07) is 108. The Labute approximate surface area is 491 Å². The predicted molar refractivity (Wildman–Crippen MR) is 359 cm³/mol. The molecule has 15 rings (SSSR count). The van der Waals surface area contributed by atoms with Crippen LogP contribution in [0.5, 0.6) is 0 Å². The molecule has 15 aromatic rings. The van der Waals surface area contributed by atoms with Crippen LogP contribution in [0.4, 0.5) is 0 Å². The summed E-state index contributed by atoms with van der Waals surface area (Å²) in [5.41, 5.74) is 26.7. The molecule has 0 radical (unpaired) electrons. The van der Waals surface area contributed by atoms with E-state index >= 15 is 0 Å². The Hall–Kier alpha value is -10.3. The zero-order valence-corrected chi connectivity index (χ0v) is 47.8. The van der Waals surface area contributed by atoms with Crippen LogP contribution in [0.25, 0.3) is 144 Å². The lowest BCUT2D eigenvalue weighted by atomic mass is 9.96. The summed E-state index contributed by atoms with van der Waals surface area (Å²) < 4.78 is 4.84. The van der Waals surface area contributed by atoms with Crippen molar-refractivity contribution in [3.05, 3.63) is 302 Å². The van der Waals surface area contributed by atoms with Gasteiger partial charge in [-0.05, 0) is 197 Å². The highest BCUT2D eigenvalue weighted by Crippen LogP contribution is 2.41. The van der Waals surface area contributed by atoms with Crippen LogP contribution < -0.4 is 0 Å². The topological polar surface area (TPSA) is 9.86 Å². The number of benzene rings is 13. The first-order valence-corrected chi connectivity index (χ1v) is 29.6. The minimum Gasteiger partial charge on any atom is -0.309 e. The summed E-state index contributed by atoms with van der Waals surface area (Å²) in [5.74, 6) is 1.03. The summed E-state index contributed by atoms with van der Waals surface area (Å²) in [7, 11) is 0. The molecule has 0 saturated heterocycles. The van der Waals surface area contributed by atoms with Gasteiger partial charge >= 0.3 is 0 Å². The van der Waals surface area contributed by atoms with Crippen LogP contribution in [0.15, 0.2) is 291 Å². The van der Waals surface area contributed by atoms with E-state index in [1.807, 2.05) is 0 Å². The molecule has 2 heteroatoms. The Morgan fingerprint density at radius 2 is 0.440 bits per heavy atom. The van der Waals surface area contributed by atoms with Gasteiger partial charge in [-0.25, -0.2) is 0 Å². The Morgan fingerprint density at radius 3 is 0.798 bits per heavy atom. The third kappa shape index (κ3) is 9.18. The molecule has 0 fully saturated rings. The molecule has 0 atom stereocenters. The fourth-order valence-electron chi connectivity index (χ4n) is 12.8. The molecule has 0 unspecified atom stereocenters. The predicted octanol–water partition coefficient (Wildman–Crippen LogP) is 22.9. The van der Waals surface area contributed by atoms with Crippen LogP contribution in [-0.2, 0) is 0 Å². The average molecular weight is 1080 g/mol. The first-order valence-electron chi connectivity index (χ1n) is 29.6. The van der Waals surface area contributed by atoms with Crippen LogP contribution >= 0.6 is 0 Å². The molecule has 84 heavy (non-hydrogen) atoms. The SMILES string of the molecule is CC(C)c1ccc(-c2ccc(-c3ccc4c(c3)c3cc(-c5ccccc5)ccc3n4-c3ccc(-c4ccc5cc(-c6ccc7c(c6)c6cc(-c8ccc(-c9ccc(C(C)C)cc9)cc8)ccc6n7-c6ccccc6)ccc5c4)cc3)cc2)cc1. The average Bonchev–Trinajstić information content (AvgIpc) is 3.62. The lowest BCUT2D eigenvalue weighted by molar-refractivity contribution is 0.867. The summed E-state index contributed by atoms with van der Waals surface area (Å²) in [5, 5.41) is 7.38. The number of fused-ring (bicyclic) bond motifs is 7. The summed E-state index contributed by atoms with van der Waals surface area (Å²) in [6.07, 6.45) is 0. The van der Waals surface area contributed by atoms with E-state index in [1.54, 1.807) is 0 Å². The standard InChI is InChI=1S/C82H62N2/c1-53(2)55-15-19-58(20-16-55)60-23-27-62(28-24-60)70-38-44-79-77(51-70)78-52-72(40-46-80(78)83(79)73-13-9-6-10-14-73)68-34-33-66-47-65(31-32-67(66)48-68)64-35-41-74(42-36-64)84-81-43-37-69(57-11-7-5-8-12-57)49-75(81)76-50-71(39-45-82(76)84)63-29-25-61(26-30-63)59-21-17-56(18-22-59)54(3)4/h5-54H,1-4H3. The summed E-state index contributed by atoms with van der Waals surface area (Å²) in [6.45, 7) is 8.98. The van der Waals surface area contributed by atoms with Crippen LogP contribution in [0.1, 0.15) is 50.7 Å². The normalized spacial score (nSPS) is 11.8. The Morgan fingerprint density at radius 1 is 0.202 bits per heavy atom. The minimum absolute atomic E-state index is 0.515. The minimum atomic E-state index is 0.515. The number of para-hydroxylation sites is 1. The molecule has 2 heterocycles. The van der Waals surface area contributed by atoms with Crippen molar-refractivity contribution in [3.8, 4) is 89.3 Å².